The highest BCUT2D eigenvalue weighted by Gasteiger charge is 2.41. The molecule has 6 nitrogen and oxygen atoms in total. The molecule has 1 aliphatic rings. The second-order valence-electron chi connectivity index (χ2n) is 4.56. The van der Waals surface area contributed by atoms with Crippen LogP contribution in [0.3, 0.4) is 0 Å². The van der Waals surface area contributed by atoms with E-state index in [1.54, 1.807) is 0 Å². The van der Waals surface area contributed by atoms with Crippen LogP contribution in [0.5, 0.6) is 0 Å². The summed E-state index contributed by atoms with van der Waals surface area (Å²) in [6.45, 7) is 5.67. The normalized spacial score (nSPS) is 30.8. The molecular weight excluding hydrogens is 256 g/mol. The Bertz CT molecular complexity index is 228. The molecule has 108 valence electrons. The first-order valence-corrected chi connectivity index (χ1v) is 8.23. The number of aliphatic hydroxyl groups is 1. The Kier molecular flexibility index (Phi) is 7.31. The third-order valence-corrected chi connectivity index (χ3v) is 5.46. The average molecular weight is 280 g/mol. The van der Waals surface area contributed by atoms with Gasteiger partial charge >= 0.3 is 8.80 Å². The molecule has 0 radical (unpaired) electrons. The van der Waals surface area contributed by atoms with Gasteiger partial charge in [0.05, 0.1) is 39.1 Å². The van der Waals surface area contributed by atoms with Gasteiger partial charge in [0.2, 0.25) is 0 Å². The van der Waals surface area contributed by atoms with Crippen molar-refractivity contribution < 1.29 is 28.2 Å². The molecule has 1 rings (SSSR count). The standard InChI is InChI=1S/C11H24O6Si/c1-10(2)18(13)16-5-3-11(9-14-6-4-12)15-7-8-17-18/h10-13H,3-9H2,1-2H3. The highest BCUT2D eigenvalue weighted by molar-refractivity contribution is 6.60. The Morgan fingerprint density at radius 1 is 1.28 bits per heavy atom. The Morgan fingerprint density at radius 2 is 2.00 bits per heavy atom. The van der Waals surface area contributed by atoms with E-state index in [1.165, 1.54) is 0 Å². The lowest BCUT2D eigenvalue weighted by Gasteiger charge is -2.26. The third-order valence-electron chi connectivity index (χ3n) is 2.76. The first-order chi connectivity index (χ1) is 8.58. The summed E-state index contributed by atoms with van der Waals surface area (Å²) in [7, 11) is -3.06. The van der Waals surface area contributed by atoms with Crippen molar-refractivity contribution in [1.29, 1.82) is 0 Å². The molecule has 0 aromatic heterocycles. The minimum absolute atomic E-state index is 0.00629. The molecule has 1 aliphatic heterocycles. The SMILES string of the molecule is CC(C)[Si]1(O)OCCOC(COCCO)CCO1. The average Bonchev–Trinajstić information content (AvgIpc) is 2.42. The third kappa shape index (κ3) is 5.31. The Balaban J connectivity index is 2.39. The molecule has 2 atom stereocenters. The molecule has 2 unspecified atom stereocenters. The zero-order chi connectivity index (χ0) is 13.4. The van der Waals surface area contributed by atoms with Crippen molar-refractivity contribution in [2.45, 2.75) is 31.9 Å². The van der Waals surface area contributed by atoms with Gasteiger partial charge in [-0.3, -0.25) is 0 Å². The van der Waals surface area contributed by atoms with Gasteiger partial charge in [-0.2, -0.15) is 0 Å². The van der Waals surface area contributed by atoms with Gasteiger partial charge in [-0.1, -0.05) is 13.8 Å². The van der Waals surface area contributed by atoms with Crippen molar-refractivity contribution in [1.82, 2.24) is 0 Å². The lowest BCUT2D eigenvalue weighted by Crippen LogP contribution is -2.46. The van der Waals surface area contributed by atoms with Crippen LogP contribution in [0.15, 0.2) is 0 Å². The monoisotopic (exact) mass is 280 g/mol. The largest absolute Gasteiger partial charge is 0.501 e. The molecule has 1 saturated heterocycles. The van der Waals surface area contributed by atoms with Crippen LogP contribution in [0.25, 0.3) is 0 Å². The minimum atomic E-state index is -3.06. The summed E-state index contributed by atoms with van der Waals surface area (Å²) in [6.07, 6.45) is 0.570. The van der Waals surface area contributed by atoms with Gasteiger partial charge in [-0.05, 0) is 6.42 Å². The molecule has 18 heavy (non-hydrogen) atoms. The fourth-order valence-corrected chi connectivity index (χ4v) is 3.14. The summed E-state index contributed by atoms with van der Waals surface area (Å²) < 4.78 is 21.8. The molecule has 0 spiro atoms. The van der Waals surface area contributed by atoms with Crippen molar-refractivity contribution in [2.24, 2.45) is 0 Å². The predicted octanol–water partition coefficient (Wildman–Crippen LogP) is 0.159. The van der Waals surface area contributed by atoms with E-state index in [-0.39, 0.29) is 18.3 Å². The number of aliphatic hydroxyl groups excluding tert-OH is 1. The molecule has 0 bridgehead atoms. The maximum atomic E-state index is 10.3. The number of hydrogen-bond acceptors (Lipinski definition) is 6. The lowest BCUT2D eigenvalue weighted by atomic mass is 10.3. The molecule has 0 aromatic carbocycles. The van der Waals surface area contributed by atoms with E-state index in [2.05, 4.69) is 0 Å². The molecular formula is C11H24O6Si. The summed E-state index contributed by atoms with van der Waals surface area (Å²) in [4.78, 5) is 10.3. The van der Waals surface area contributed by atoms with Gasteiger partial charge in [0, 0.05) is 12.1 Å². The topological polar surface area (TPSA) is 77.4 Å². The van der Waals surface area contributed by atoms with Gasteiger partial charge in [0.15, 0.2) is 0 Å². The fourth-order valence-electron chi connectivity index (χ4n) is 1.61. The van der Waals surface area contributed by atoms with Crippen molar-refractivity contribution >= 4 is 8.80 Å². The van der Waals surface area contributed by atoms with E-state index in [4.69, 9.17) is 23.4 Å². The van der Waals surface area contributed by atoms with Gasteiger partial charge in [0.1, 0.15) is 0 Å². The van der Waals surface area contributed by atoms with Gasteiger partial charge in [-0.15, -0.1) is 0 Å². The van der Waals surface area contributed by atoms with E-state index in [9.17, 15) is 4.80 Å². The van der Waals surface area contributed by atoms with E-state index in [1.807, 2.05) is 13.8 Å². The van der Waals surface area contributed by atoms with Crippen LogP contribution in [-0.2, 0) is 18.3 Å². The molecule has 0 amide bonds. The second kappa shape index (κ2) is 8.21. The first kappa shape index (κ1) is 16.0. The Morgan fingerprint density at radius 3 is 2.67 bits per heavy atom. The summed E-state index contributed by atoms with van der Waals surface area (Å²) in [6, 6.07) is 0. The van der Waals surface area contributed by atoms with Crippen molar-refractivity contribution in [3.63, 3.8) is 0 Å². The molecule has 0 aromatic rings. The molecule has 0 aliphatic carbocycles. The number of rotatable bonds is 5. The minimum Gasteiger partial charge on any atom is -0.394 e. The molecule has 0 saturated carbocycles. The highest BCUT2D eigenvalue weighted by atomic mass is 28.4. The lowest BCUT2D eigenvalue weighted by molar-refractivity contribution is -0.0339. The summed E-state index contributed by atoms with van der Waals surface area (Å²) >= 11 is 0. The van der Waals surface area contributed by atoms with Crippen molar-refractivity contribution in [3.05, 3.63) is 0 Å². The summed E-state index contributed by atoms with van der Waals surface area (Å²) in [5, 5.41) is 8.63. The highest BCUT2D eigenvalue weighted by Crippen LogP contribution is 2.22. The van der Waals surface area contributed by atoms with Crippen molar-refractivity contribution in [2.75, 3.05) is 39.6 Å². The molecule has 1 fully saturated rings. The van der Waals surface area contributed by atoms with E-state index in [0.717, 1.165) is 0 Å². The number of hydrogen-bond donors (Lipinski definition) is 2. The van der Waals surface area contributed by atoms with Crippen LogP contribution in [0.2, 0.25) is 5.54 Å². The Hall–Kier alpha value is -0.0231. The maximum absolute atomic E-state index is 10.3. The van der Waals surface area contributed by atoms with Crippen molar-refractivity contribution in [3.8, 4) is 0 Å². The van der Waals surface area contributed by atoms with Crippen LogP contribution < -0.4 is 0 Å². The fraction of sp³-hybridized carbons (Fsp3) is 1.00. The van der Waals surface area contributed by atoms with Crippen LogP contribution in [-0.4, -0.2) is 64.5 Å². The molecule has 2 N–H and O–H groups in total. The van der Waals surface area contributed by atoms with Gasteiger partial charge < -0.3 is 28.2 Å². The van der Waals surface area contributed by atoms with Crippen LogP contribution in [0, 0.1) is 0 Å². The Labute approximate surface area is 109 Å². The second-order valence-corrected chi connectivity index (χ2v) is 7.56. The van der Waals surface area contributed by atoms with Crippen LogP contribution in [0.4, 0.5) is 0 Å². The summed E-state index contributed by atoms with van der Waals surface area (Å²) in [5.74, 6) is 0. The van der Waals surface area contributed by atoms with Gasteiger partial charge in [0.25, 0.3) is 0 Å². The quantitative estimate of drug-likeness (QED) is 0.552. The zero-order valence-electron chi connectivity index (χ0n) is 11.1. The first-order valence-electron chi connectivity index (χ1n) is 6.39. The molecule has 1 heterocycles. The summed E-state index contributed by atoms with van der Waals surface area (Å²) in [5.41, 5.74) is -0.0142. The smallest absolute Gasteiger partial charge is 0.394 e. The maximum Gasteiger partial charge on any atom is 0.501 e. The molecule has 7 heteroatoms. The number of ether oxygens (including phenoxy) is 2. The zero-order valence-corrected chi connectivity index (χ0v) is 12.1. The van der Waals surface area contributed by atoms with E-state index in [0.29, 0.717) is 39.5 Å². The van der Waals surface area contributed by atoms with Crippen LogP contribution in [0.1, 0.15) is 20.3 Å². The van der Waals surface area contributed by atoms with E-state index < -0.39 is 8.80 Å². The van der Waals surface area contributed by atoms with E-state index >= 15 is 0 Å². The predicted molar refractivity (Wildman–Crippen MR) is 67.2 cm³/mol. The van der Waals surface area contributed by atoms with Crippen LogP contribution >= 0.6 is 0 Å². The van der Waals surface area contributed by atoms with Gasteiger partial charge in [-0.25, -0.2) is 0 Å².